The lowest BCUT2D eigenvalue weighted by Crippen LogP contribution is -2.40. The van der Waals surface area contributed by atoms with E-state index in [2.05, 4.69) is 29.0 Å². The van der Waals surface area contributed by atoms with Crippen molar-refractivity contribution >= 4 is 16.8 Å². The first-order chi connectivity index (χ1) is 9.34. The molecule has 3 rings (SSSR count). The van der Waals surface area contributed by atoms with Crippen LogP contribution in [0.25, 0.3) is 10.9 Å². The molecule has 19 heavy (non-hydrogen) atoms. The van der Waals surface area contributed by atoms with E-state index in [1.54, 1.807) is 0 Å². The van der Waals surface area contributed by atoms with Crippen molar-refractivity contribution in [1.82, 2.24) is 9.47 Å². The van der Waals surface area contributed by atoms with E-state index in [4.69, 9.17) is 4.74 Å². The molecule has 0 aliphatic carbocycles. The quantitative estimate of drug-likeness (QED) is 0.842. The number of carbonyl (C=O) groups is 1. The predicted molar refractivity (Wildman–Crippen MR) is 74.0 cm³/mol. The summed E-state index contributed by atoms with van der Waals surface area (Å²) < 4.78 is 7.41. The molecule has 1 aromatic heterocycles. The van der Waals surface area contributed by atoms with Gasteiger partial charge >= 0.3 is 0 Å². The van der Waals surface area contributed by atoms with Crippen LogP contribution in [0.3, 0.4) is 0 Å². The summed E-state index contributed by atoms with van der Waals surface area (Å²) in [6.45, 7) is 3.52. The molecule has 1 saturated heterocycles. The molecule has 0 bridgehead atoms. The van der Waals surface area contributed by atoms with Crippen molar-refractivity contribution in [3.8, 4) is 0 Å². The second kappa shape index (κ2) is 5.45. The second-order valence-corrected chi connectivity index (χ2v) is 4.81. The minimum absolute atomic E-state index is 0.223. The zero-order chi connectivity index (χ0) is 13.1. The smallest absolute Gasteiger partial charge is 0.224 e. The molecule has 0 saturated carbocycles. The van der Waals surface area contributed by atoms with E-state index < -0.39 is 0 Å². The van der Waals surface area contributed by atoms with Gasteiger partial charge in [-0.1, -0.05) is 18.2 Å². The van der Waals surface area contributed by atoms with E-state index in [9.17, 15) is 4.79 Å². The lowest BCUT2D eigenvalue weighted by molar-refractivity contribution is -0.135. The number of hydrogen-bond donors (Lipinski definition) is 0. The number of amides is 1. The fourth-order valence-electron chi connectivity index (χ4n) is 2.52. The van der Waals surface area contributed by atoms with E-state index >= 15 is 0 Å². The van der Waals surface area contributed by atoms with Crippen LogP contribution in [0.5, 0.6) is 0 Å². The van der Waals surface area contributed by atoms with Crippen molar-refractivity contribution in [3.05, 3.63) is 36.5 Å². The summed E-state index contributed by atoms with van der Waals surface area (Å²) in [5.41, 5.74) is 1.19. The zero-order valence-corrected chi connectivity index (χ0v) is 10.9. The Morgan fingerprint density at radius 2 is 1.95 bits per heavy atom. The van der Waals surface area contributed by atoms with Gasteiger partial charge in [0.05, 0.1) is 13.2 Å². The van der Waals surface area contributed by atoms with E-state index in [1.165, 1.54) is 10.9 Å². The van der Waals surface area contributed by atoms with Crippen molar-refractivity contribution < 1.29 is 9.53 Å². The Hall–Kier alpha value is -1.81. The largest absolute Gasteiger partial charge is 0.378 e. The van der Waals surface area contributed by atoms with Crippen LogP contribution in [0, 0.1) is 0 Å². The molecule has 2 aromatic rings. The summed E-state index contributed by atoms with van der Waals surface area (Å²) in [6, 6.07) is 10.3. The summed E-state index contributed by atoms with van der Waals surface area (Å²) in [7, 11) is 0. The molecule has 1 aromatic carbocycles. The third-order valence-corrected chi connectivity index (χ3v) is 3.61. The minimum atomic E-state index is 0.223. The number of aromatic nitrogens is 1. The van der Waals surface area contributed by atoms with Crippen LogP contribution in [0.1, 0.15) is 6.42 Å². The Bertz CT molecular complexity index is 570. The first-order valence-corrected chi connectivity index (χ1v) is 6.74. The maximum absolute atomic E-state index is 12.1. The Morgan fingerprint density at radius 3 is 2.79 bits per heavy atom. The van der Waals surface area contributed by atoms with Gasteiger partial charge in [0.2, 0.25) is 5.91 Å². The molecule has 1 aliphatic rings. The van der Waals surface area contributed by atoms with Crippen molar-refractivity contribution in [2.75, 3.05) is 26.3 Å². The van der Waals surface area contributed by atoms with Crippen molar-refractivity contribution in [1.29, 1.82) is 0 Å². The van der Waals surface area contributed by atoms with Gasteiger partial charge in [-0.15, -0.1) is 0 Å². The maximum atomic E-state index is 12.1. The van der Waals surface area contributed by atoms with Crippen LogP contribution >= 0.6 is 0 Å². The molecule has 0 atom stereocenters. The van der Waals surface area contributed by atoms with Gasteiger partial charge in [-0.05, 0) is 17.5 Å². The Morgan fingerprint density at radius 1 is 1.16 bits per heavy atom. The molecule has 1 fully saturated rings. The molecule has 4 nitrogen and oxygen atoms in total. The Balaban J connectivity index is 1.64. The van der Waals surface area contributed by atoms with Gasteiger partial charge in [0.25, 0.3) is 0 Å². The van der Waals surface area contributed by atoms with E-state index in [0.717, 1.165) is 19.6 Å². The highest BCUT2D eigenvalue weighted by atomic mass is 16.5. The SMILES string of the molecule is O=C(CCn1ccc2ccccc21)N1CCOCC1. The number of carbonyl (C=O) groups excluding carboxylic acids is 1. The van der Waals surface area contributed by atoms with Crippen molar-refractivity contribution in [3.63, 3.8) is 0 Å². The van der Waals surface area contributed by atoms with E-state index in [0.29, 0.717) is 19.6 Å². The van der Waals surface area contributed by atoms with Gasteiger partial charge in [0, 0.05) is 37.8 Å². The number of para-hydroxylation sites is 1. The average Bonchev–Trinajstić information content (AvgIpc) is 2.89. The monoisotopic (exact) mass is 258 g/mol. The van der Waals surface area contributed by atoms with E-state index in [1.807, 2.05) is 17.0 Å². The molecule has 4 heteroatoms. The topological polar surface area (TPSA) is 34.5 Å². The second-order valence-electron chi connectivity index (χ2n) is 4.81. The van der Waals surface area contributed by atoms with Gasteiger partial charge in [0.1, 0.15) is 0 Å². The highest BCUT2D eigenvalue weighted by Gasteiger charge is 2.16. The number of fused-ring (bicyclic) bond motifs is 1. The molecular formula is C15H18N2O2. The number of ether oxygens (including phenoxy) is 1. The zero-order valence-electron chi connectivity index (χ0n) is 10.9. The number of hydrogen-bond acceptors (Lipinski definition) is 2. The normalized spacial score (nSPS) is 15.9. The molecule has 100 valence electrons. The Kier molecular flexibility index (Phi) is 3.51. The lowest BCUT2D eigenvalue weighted by Gasteiger charge is -2.26. The number of morpholine rings is 1. The molecule has 1 amide bonds. The first-order valence-electron chi connectivity index (χ1n) is 6.74. The fraction of sp³-hybridized carbons (Fsp3) is 0.400. The van der Waals surface area contributed by atoms with Crippen LogP contribution < -0.4 is 0 Å². The summed E-state index contributed by atoms with van der Waals surface area (Å²) in [4.78, 5) is 14.0. The third kappa shape index (κ3) is 2.63. The van der Waals surface area contributed by atoms with Gasteiger partial charge in [0.15, 0.2) is 0 Å². The first kappa shape index (κ1) is 12.2. The van der Waals surface area contributed by atoms with Gasteiger partial charge in [-0.3, -0.25) is 4.79 Å². The van der Waals surface area contributed by atoms with Crippen LogP contribution in [-0.4, -0.2) is 41.7 Å². The average molecular weight is 258 g/mol. The van der Waals surface area contributed by atoms with Crippen LogP contribution in [0.2, 0.25) is 0 Å². The number of benzene rings is 1. The van der Waals surface area contributed by atoms with Gasteiger partial charge in [-0.25, -0.2) is 0 Å². The molecule has 0 N–H and O–H groups in total. The van der Waals surface area contributed by atoms with Crippen LogP contribution in [0.15, 0.2) is 36.5 Å². The summed E-state index contributed by atoms with van der Waals surface area (Å²) in [6.07, 6.45) is 2.61. The highest BCUT2D eigenvalue weighted by Crippen LogP contribution is 2.15. The molecule has 0 unspecified atom stereocenters. The third-order valence-electron chi connectivity index (χ3n) is 3.61. The lowest BCUT2D eigenvalue weighted by atomic mass is 10.2. The minimum Gasteiger partial charge on any atom is -0.378 e. The van der Waals surface area contributed by atoms with Gasteiger partial charge in [-0.2, -0.15) is 0 Å². The standard InChI is InChI=1S/C15H18N2O2/c18-15(17-9-11-19-12-10-17)6-8-16-7-5-13-3-1-2-4-14(13)16/h1-5,7H,6,8-12H2. The molecule has 1 aliphatic heterocycles. The number of aryl methyl sites for hydroxylation is 1. The Labute approximate surface area is 112 Å². The van der Waals surface area contributed by atoms with Crippen LogP contribution in [0.4, 0.5) is 0 Å². The van der Waals surface area contributed by atoms with Crippen LogP contribution in [-0.2, 0) is 16.1 Å². The summed E-state index contributed by atoms with van der Waals surface area (Å²) in [5.74, 6) is 0.223. The molecular weight excluding hydrogens is 240 g/mol. The number of rotatable bonds is 3. The highest BCUT2D eigenvalue weighted by molar-refractivity contribution is 5.80. The predicted octanol–water partition coefficient (Wildman–Crippen LogP) is 1.89. The molecule has 0 spiro atoms. The van der Waals surface area contributed by atoms with Crippen molar-refractivity contribution in [2.45, 2.75) is 13.0 Å². The fourth-order valence-corrected chi connectivity index (χ4v) is 2.52. The van der Waals surface area contributed by atoms with Crippen molar-refractivity contribution in [2.24, 2.45) is 0 Å². The molecule has 0 radical (unpaired) electrons. The summed E-state index contributed by atoms with van der Waals surface area (Å²) >= 11 is 0. The summed E-state index contributed by atoms with van der Waals surface area (Å²) in [5, 5.41) is 1.22. The van der Waals surface area contributed by atoms with E-state index in [-0.39, 0.29) is 5.91 Å². The number of nitrogens with zero attached hydrogens (tertiary/aromatic N) is 2. The van der Waals surface area contributed by atoms with Gasteiger partial charge < -0.3 is 14.2 Å². The molecule has 2 heterocycles. The maximum Gasteiger partial charge on any atom is 0.224 e.